The van der Waals surface area contributed by atoms with E-state index >= 15 is 0 Å². The fraction of sp³-hybridized carbons (Fsp3) is 0.250. The lowest BCUT2D eigenvalue weighted by atomic mass is 10.1. The Labute approximate surface area is 116 Å². The van der Waals surface area contributed by atoms with E-state index in [9.17, 15) is 22.8 Å². The Hall–Kier alpha value is -2.58. The fourth-order valence-corrected chi connectivity index (χ4v) is 2.03. The van der Waals surface area contributed by atoms with Gasteiger partial charge >= 0.3 is 12.1 Å². The van der Waals surface area contributed by atoms with Crippen LogP contribution in [-0.2, 0) is 11.0 Å². The van der Waals surface area contributed by atoms with E-state index < -0.39 is 29.9 Å². The molecule has 6 nitrogen and oxygen atoms in total. The number of alkyl halides is 3. The summed E-state index contributed by atoms with van der Waals surface area (Å²) in [5.74, 6) is -3.82. The number of hydrogen-bond donors (Lipinski definition) is 2. The van der Waals surface area contributed by atoms with Crippen LogP contribution >= 0.6 is 0 Å². The zero-order chi connectivity index (χ0) is 15.9. The fourth-order valence-electron chi connectivity index (χ4n) is 2.03. The number of amides is 1. The van der Waals surface area contributed by atoms with Gasteiger partial charge in [0.25, 0.3) is 0 Å². The highest BCUT2D eigenvalue weighted by Crippen LogP contribution is 2.34. The van der Waals surface area contributed by atoms with E-state index in [1.807, 2.05) is 0 Å². The second-order valence-corrected chi connectivity index (χ2v) is 4.36. The summed E-state index contributed by atoms with van der Waals surface area (Å²) in [6.45, 7) is 1.15. The van der Waals surface area contributed by atoms with Crippen LogP contribution in [-0.4, -0.2) is 26.5 Å². The average Bonchev–Trinajstić information content (AvgIpc) is 2.76. The van der Waals surface area contributed by atoms with Crippen LogP contribution in [0.15, 0.2) is 18.2 Å². The van der Waals surface area contributed by atoms with E-state index in [1.165, 1.54) is 12.1 Å². The Balaban J connectivity index is 2.93. The maximum atomic E-state index is 13.1. The molecular formula is C12H10F3N3O3. The number of primary amides is 1. The van der Waals surface area contributed by atoms with Crippen LogP contribution in [0.2, 0.25) is 0 Å². The molecule has 1 aromatic carbocycles. The molecule has 1 amide bonds. The lowest BCUT2D eigenvalue weighted by Crippen LogP contribution is -2.28. The lowest BCUT2D eigenvalue weighted by Gasteiger charge is -2.16. The number of nitrogens with zero attached hydrogens (tertiary/aromatic N) is 2. The smallest absolute Gasteiger partial charge is 0.449 e. The summed E-state index contributed by atoms with van der Waals surface area (Å²) in [5.41, 5.74) is 4.21. The van der Waals surface area contributed by atoms with Gasteiger partial charge in [-0.3, -0.25) is 4.79 Å². The minimum Gasteiger partial charge on any atom is -0.478 e. The van der Waals surface area contributed by atoms with Gasteiger partial charge in [-0.2, -0.15) is 13.2 Å². The van der Waals surface area contributed by atoms with Crippen molar-refractivity contribution in [3.05, 3.63) is 29.6 Å². The summed E-state index contributed by atoms with van der Waals surface area (Å²) in [6.07, 6.45) is -4.85. The summed E-state index contributed by atoms with van der Waals surface area (Å²) in [6, 6.07) is 2.25. The van der Waals surface area contributed by atoms with E-state index in [1.54, 1.807) is 0 Å². The van der Waals surface area contributed by atoms with E-state index in [-0.39, 0.29) is 16.6 Å². The Morgan fingerprint density at radius 2 is 2.00 bits per heavy atom. The van der Waals surface area contributed by atoms with Crippen molar-refractivity contribution in [2.45, 2.75) is 19.1 Å². The van der Waals surface area contributed by atoms with Crippen LogP contribution in [0.25, 0.3) is 11.0 Å². The predicted octanol–water partition coefficient (Wildman–Crippen LogP) is 1.80. The zero-order valence-corrected chi connectivity index (χ0v) is 10.7. The molecule has 1 atom stereocenters. The Morgan fingerprint density at radius 1 is 1.38 bits per heavy atom. The standard InChI is InChI=1S/C12H10F3N3O3/c1-5(9(16)19)18-8-6(10(20)21)3-2-4-7(8)17-11(18)12(13,14)15/h2-5H,1H3,(H2,16,19)(H,20,21). The summed E-state index contributed by atoms with van der Waals surface area (Å²) in [7, 11) is 0. The molecule has 0 aliphatic heterocycles. The first kappa shape index (κ1) is 14.8. The van der Waals surface area contributed by atoms with Crippen molar-refractivity contribution >= 4 is 22.9 Å². The second kappa shape index (κ2) is 4.76. The number of carboxylic acids is 1. The van der Waals surface area contributed by atoms with Gasteiger partial charge in [-0.25, -0.2) is 9.78 Å². The van der Waals surface area contributed by atoms with E-state index in [2.05, 4.69) is 4.98 Å². The number of halogens is 3. The number of hydrogen-bond acceptors (Lipinski definition) is 3. The van der Waals surface area contributed by atoms with Gasteiger partial charge in [0.1, 0.15) is 6.04 Å². The number of para-hydroxylation sites is 1. The van der Waals surface area contributed by atoms with Crippen molar-refractivity contribution < 1.29 is 27.9 Å². The Morgan fingerprint density at radius 3 is 2.48 bits per heavy atom. The second-order valence-electron chi connectivity index (χ2n) is 4.36. The topological polar surface area (TPSA) is 98.2 Å². The van der Waals surface area contributed by atoms with Gasteiger partial charge in [0, 0.05) is 0 Å². The number of imidazole rings is 1. The van der Waals surface area contributed by atoms with Gasteiger partial charge in [-0.15, -0.1) is 0 Å². The van der Waals surface area contributed by atoms with Crippen LogP contribution in [0.1, 0.15) is 29.1 Å². The minimum atomic E-state index is -4.85. The van der Waals surface area contributed by atoms with Gasteiger partial charge in [0.2, 0.25) is 11.7 Å². The number of aromatic carboxylic acids is 1. The third kappa shape index (κ3) is 2.41. The molecule has 2 rings (SSSR count). The molecule has 0 aliphatic rings. The molecule has 9 heteroatoms. The number of carboxylic acid groups (broad SMARTS) is 1. The number of benzene rings is 1. The van der Waals surface area contributed by atoms with Crippen molar-refractivity contribution in [2.75, 3.05) is 0 Å². The maximum absolute atomic E-state index is 13.1. The van der Waals surface area contributed by atoms with Crippen LogP contribution in [0.4, 0.5) is 13.2 Å². The first-order valence-corrected chi connectivity index (χ1v) is 5.75. The first-order valence-electron chi connectivity index (χ1n) is 5.75. The largest absolute Gasteiger partial charge is 0.478 e. The number of aromatic nitrogens is 2. The third-order valence-electron chi connectivity index (χ3n) is 2.99. The van der Waals surface area contributed by atoms with Gasteiger partial charge in [0.15, 0.2) is 0 Å². The number of rotatable bonds is 3. The van der Waals surface area contributed by atoms with E-state index in [0.29, 0.717) is 4.57 Å². The molecule has 21 heavy (non-hydrogen) atoms. The molecule has 0 radical (unpaired) electrons. The summed E-state index contributed by atoms with van der Waals surface area (Å²) in [5, 5.41) is 9.10. The van der Waals surface area contributed by atoms with Gasteiger partial charge < -0.3 is 15.4 Å². The molecule has 1 aromatic heterocycles. The molecule has 1 unspecified atom stereocenters. The minimum absolute atomic E-state index is 0.171. The van der Waals surface area contributed by atoms with Crippen LogP contribution in [0.5, 0.6) is 0 Å². The van der Waals surface area contributed by atoms with Crippen molar-refractivity contribution in [3.8, 4) is 0 Å². The van der Waals surface area contributed by atoms with Crippen molar-refractivity contribution in [2.24, 2.45) is 5.73 Å². The summed E-state index contributed by atoms with van der Waals surface area (Å²) in [4.78, 5) is 25.8. The Bertz CT molecular complexity index is 736. The number of carbonyl (C=O) groups excluding carboxylic acids is 1. The number of carbonyl (C=O) groups is 2. The van der Waals surface area contributed by atoms with Gasteiger partial charge in [-0.05, 0) is 19.1 Å². The van der Waals surface area contributed by atoms with Crippen LogP contribution in [0.3, 0.4) is 0 Å². The number of fused-ring (bicyclic) bond motifs is 1. The monoisotopic (exact) mass is 301 g/mol. The predicted molar refractivity (Wildman–Crippen MR) is 65.6 cm³/mol. The van der Waals surface area contributed by atoms with Crippen LogP contribution < -0.4 is 5.73 Å². The van der Waals surface area contributed by atoms with Crippen LogP contribution in [0, 0.1) is 0 Å². The first-order chi connectivity index (χ1) is 9.64. The van der Waals surface area contributed by atoms with Crippen molar-refractivity contribution in [1.82, 2.24) is 9.55 Å². The third-order valence-corrected chi connectivity index (χ3v) is 2.99. The van der Waals surface area contributed by atoms with E-state index in [4.69, 9.17) is 10.8 Å². The number of nitrogens with two attached hydrogens (primary N) is 1. The summed E-state index contributed by atoms with van der Waals surface area (Å²) >= 11 is 0. The molecule has 0 aliphatic carbocycles. The summed E-state index contributed by atoms with van der Waals surface area (Å²) < 4.78 is 39.7. The van der Waals surface area contributed by atoms with E-state index in [0.717, 1.165) is 13.0 Å². The molecule has 3 N–H and O–H groups in total. The van der Waals surface area contributed by atoms with Crippen molar-refractivity contribution in [3.63, 3.8) is 0 Å². The molecule has 1 heterocycles. The molecule has 0 saturated carbocycles. The molecule has 0 fully saturated rings. The molecular weight excluding hydrogens is 291 g/mol. The zero-order valence-electron chi connectivity index (χ0n) is 10.7. The molecule has 0 saturated heterocycles. The molecule has 0 bridgehead atoms. The normalized spacial score (nSPS) is 13.3. The van der Waals surface area contributed by atoms with Crippen molar-refractivity contribution in [1.29, 1.82) is 0 Å². The quantitative estimate of drug-likeness (QED) is 0.903. The highest BCUT2D eigenvalue weighted by atomic mass is 19.4. The van der Waals surface area contributed by atoms with Gasteiger partial charge in [-0.1, -0.05) is 6.07 Å². The maximum Gasteiger partial charge on any atom is 0.449 e. The Kier molecular flexibility index (Phi) is 3.36. The molecule has 0 spiro atoms. The SMILES string of the molecule is CC(C(N)=O)n1c(C(F)(F)F)nc2cccc(C(=O)O)c21. The highest BCUT2D eigenvalue weighted by molar-refractivity contribution is 6.01. The van der Waals surface area contributed by atoms with Gasteiger partial charge in [0.05, 0.1) is 16.6 Å². The lowest BCUT2D eigenvalue weighted by molar-refractivity contribution is -0.148. The molecule has 2 aromatic rings. The highest BCUT2D eigenvalue weighted by Gasteiger charge is 2.40. The average molecular weight is 301 g/mol. The molecule has 112 valence electrons.